The lowest BCUT2D eigenvalue weighted by Gasteiger charge is -2.31. The Hall–Kier alpha value is -0.850. The fourth-order valence-corrected chi connectivity index (χ4v) is 1.46. The van der Waals surface area contributed by atoms with Crippen LogP contribution in [0.2, 0.25) is 0 Å². The summed E-state index contributed by atoms with van der Waals surface area (Å²) in [6, 6.07) is 0. The van der Waals surface area contributed by atoms with Crippen LogP contribution >= 0.6 is 0 Å². The lowest BCUT2D eigenvalue weighted by molar-refractivity contribution is -0.277. The van der Waals surface area contributed by atoms with Gasteiger partial charge in [0.2, 0.25) is 0 Å². The molecule has 1 saturated heterocycles. The Morgan fingerprint density at radius 1 is 1.14 bits per heavy atom. The van der Waals surface area contributed by atoms with Gasteiger partial charge in [-0.15, -0.1) is 0 Å². The lowest BCUT2D eigenvalue weighted by atomic mass is 10.2. The van der Waals surface area contributed by atoms with Gasteiger partial charge in [-0.1, -0.05) is 0 Å². The maximum absolute atomic E-state index is 13.3. The lowest BCUT2D eigenvalue weighted by Crippen LogP contribution is -2.59. The third-order valence-corrected chi connectivity index (χ3v) is 2.20. The first-order valence-corrected chi connectivity index (χ1v) is 4.04. The van der Waals surface area contributed by atoms with E-state index < -0.39 is 17.9 Å². The highest BCUT2D eigenvalue weighted by Gasteiger charge is 2.66. The number of nitrogens with zero attached hydrogens (tertiary/aromatic N) is 1. The summed E-state index contributed by atoms with van der Waals surface area (Å²) in [5.41, 5.74) is 0. The molecule has 7 heteroatoms. The van der Waals surface area contributed by atoms with Crippen molar-refractivity contribution in [1.82, 2.24) is 4.90 Å². The molecule has 1 aliphatic heterocycles. The molecule has 1 rings (SSSR count). The fourth-order valence-electron chi connectivity index (χ4n) is 1.46. The second-order valence-corrected chi connectivity index (χ2v) is 3.12. The maximum atomic E-state index is 13.3. The molecule has 3 nitrogen and oxygen atoms in total. The smallest absolute Gasteiger partial charge is 0.448 e. The van der Waals surface area contributed by atoms with E-state index in [1.54, 1.807) is 0 Å². The summed E-state index contributed by atoms with van der Waals surface area (Å²) in [5.74, 6) is -6.73. The predicted octanol–water partition coefficient (Wildman–Crippen LogP) is 1.39. The Morgan fingerprint density at radius 2 is 1.57 bits per heavy atom. The number of rotatable bonds is 2. The molecular weight excluding hydrogens is 206 g/mol. The van der Waals surface area contributed by atoms with Crippen LogP contribution < -0.4 is 0 Å². The SMILES string of the molecule is O=C(O)C(F)(N1CCCC1)C(F)(F)F. The van der Waals surface area contributed by atoms with E-state index >= 15 is 0 Å². The van der Waals surface area contributed by atoms with Crippen LogP contribution in [0, 0.1) is 0 Å². The Bertz CT molecular complexity index is 236. The van der Waals surface area contributed by atoms with Gasteiger partial charge in [-0.25, -0.2) is 9.18 Å². The van der Waals surface area contributed by atoms with E-state index in [1.165, 1.54) is 0 Å². The molecule has 0 aromatic carbocycles. The van der Waals surface area contributed by atoms with Gasteiger partial charge in [0.15, 0.2) is 0 Å². The van der Waals surface area contributed by atoms with Gasteiger partial charge in [0.05, 0.1) is 0 Å². The van der Waals surface area contributed by atoms with Crippen molar-refractivity contribution in [1.29, 1.82) is 0 Å². The Kier molecular flexibility index (Phi) is 2.71. The standard InChI is InChI=1S/C7H9F4NO2/c8-6(5(13)14,7(9,10)11)12-3-1-2-4-12/h1-4H2,(H,13,14). The van der Waals surface area contributed by atoms with Crippen molar-refractivity contribution in [3.05, 3.63) is 0 Å². The summed E-state index contributed by atoms with van der Waals surface area (Å²) in [4.78, 5) is 10.6. The third kappa shape index (κ3) is 1.56. The number of hydrogen-bond acceptors (Lipinski definition) is 2. The van der Waals surface area contributed by atoms with E-state index in [0.29, 0.717) is 17.7 Å². The molecule has 1 fully saturated rings. The highest BCUT2D eigenvalue weighted by molar-refractivity contribution is 5.78. The van der Waals surface area contributed by atoms with E-state index in [-0.39, 0.29) is 13.1 Å². The summed E-state index contributed by atoms with van der Waals surface area (Å²) >= 11 is 0. The van der Waals surface area contributed by atoms with Crippen LogP contribution in [-0.2, 0) is 4.79 Å². The molecule has 82 valence electrons. The molecular formula is C7H9F4NO2. The zero-order chi connectivity index (χ0) is 11.0. The normalized spacial score (nSPS) is 23.4. The summed E-state index contributed by atoms with van der Waals surface area (Å²) in [7, 11) is 0. The molecule has 1 unspecified atom stereocenters. The highest BCUT2D eigenvalue weighted by atomic mass is 19.4. The van der Waals surface area contributed by atoms with Crippen molar-refractivity contribution in [2.75, 3.05) is 13.1 Å². The van der Waals surface area contributed by atoms with Gasteiger partial charge in [0, 0.05) is 13.1 Å². The number of hydrogen-bond donors (Lipinski definition) is 1. The summed E-state index contributed by atoms with van der Waals surface area (Å²) in [6.45, 7) is -0.357. The van der Waals surface area contributed by atoms with Crippen LogP contribution in [0.15, 0.2) is 0 Å². The van der Waals surface area contributed by atoms with Gasteiger partial charge in [0.1, 0.15) is 0 Å². The highest BCUT2D eigenvalue weighted by Crippen LogP contribution is 2.38. The number of carbonyl (C=O) groups is 1. The van der Waals surface area contributed by atoms with Gasteiger partial charge >= 0.3 is 17.9 Å². The minimum absolute atomic E-state index is 0.178. The van der Waals surface area contributed by atoms with Crippen molar-refractivity contribution in [3.63, 3.8) is 0 Å². The van der Waals surface area contributed by atoms with Crippen LogP contribution in [0.4, 0.5) is 17.6 Å². The van der Waals surface area contributed by atoms with Crippen LogP contribution in [0.1, 0.15) is 12.8 Å². The number of alkyl halides is 4. The molecule has 0 spiro atoms. The molecule has 0 aromatic heterocycles. The van der Waals surface area contributed by atoms with E-state index in [4.69, 9.17) is 5.11 Å². The minimum atomic E-state index is -5.40. The van der Waals surface area contributed by atoms with E-state index in [0.717, 1.165) is 0 Å². The maximum Gasteiger partial charge on any atom is 0.448 e. The summed E-state index contributed by atoms with van der Waals surface area (Å²) in [5, 5.41) is 8.29. The molecule has 1 heterocycles. The van der Waals surface area contributed by atoms with Gasteiger partial charge in [-0.2, -0.15) is 13.2 Å². The fraction of sp³-hybridized carbons (Fsp3) is 0.857. The van der Waals surface area contributed by atoms with Crippen LogP contribution in [0.5, 0.6) is 0 Å². The molecule has 0 saturated carbocycles. The molecule has 0 bridgehead atoms. The number of halogens is 4. The van der Waals surface area contributed by atoms with Gasteiger partial charge in [-0.3, -0.25) is 4.90 Å². The monoisotopic (exact) mass is 215 g/mol. The second-order valence-electron chi connectivity index (χ2n) is 3.12. The van der Waals surface area contributed by atoms with Crippen LogP contribution in [0.25, 0.3) is 0 Å². The van der Waals surface area contributed by atoms with Crippen molar-refractivity contribution in [3.8, 4) is 0 Å². The molecule has 14 heavy (non-hydrogen) atoms. The third-order valence-electron chi connectivity index (χ3n) is 2.20. The van der Waals surface area contributed by atoms with Crippen LogP contribution in [0.3, 0.4) is 0 Å². The van der Waals surface area contributed by atoms with Crippen LogP contribution in [-0.4, -0.2) is 41.0 Å². The quantitative estimate of drug-likeness (QED) is 0.559. The Morgan fingerprint density at radius 3 is 1.86 bits per heavy atom. The van der Waals surface area contributed by atoms with Crippen molar-refractivity contribution >= 4 is 5.97 Å². The Labute approximate surface area is 77.3 Å². The van der Waals surface area contributed by atoms with Crippen molar-refractivity contribution in [2.45, 2.75) is 24.8 Å². The molecule has 0 amide bonds. The van der Waals surface area contributed by atoms with Crippen molar-refractivity contribution in [2.24, 2.45) is 0 Å². The number of carboxylic acid groups (broad SMARTS) is 1. The number of aliphatic carboxylic acids is 1. The van der Waals surface area contributed by atoms with E-state index in [9.17, 15) is 22.4 Å². The summed E-state index contributed by atoms with van der Waals surface area (Å²) in [6.07, 6.45) is -4.63. The molecule has 1 aliphatic rings. The average molecular weight is 215 g/mol. The number of likely N-dealkylation sites (tertiary alicyclic amines) is 1. The molecule has 1 atom stereocenters. The zero-order valence-corrected chi connectivity index (χ0v) is 7.14. The first-order valence-electron chi connectivity index (χ1n) is 4.04. The largest absolute Gasteiger partial charge is 0.478 e. The minimum Gasteiger partial charge on any atom is -0.478 e. The van der Waals surface area contributed by atoms with Crippen molar-refractivity contribution < 1.29 is 27.5 Å². The van der Waals surface area contributed by atoms with E-state index in [2.05, 4.69) is 0 Å². The predicted molar refractivity (Wildman–Crippen MR) is 38.3 cm³/mol. The van der Waals surface area contributed by atoms with Gasteiger partial charge in [-0.05, 0) is 12.8 Å². The average Bonchev–Trinajstić information content (AvgIpc) is 2.52. The summed E-state index contributed by atoms with van der Waals surface area (Å²) < 4.78 is 50.0. The molecule has 0 radical (unpaired) electrons. The molecule has 0 aliphatic carbocycles. The first kappa shape index (κ1) is 11.2. The van der Waals surface area contributed by atoms with E-state index in [1.807, 2.05) is 0 Å². The number of carboxylic acids is 1. The zero-order valence-electron chi connectivity index (χ0n) is 7.14. The molecule has 1 N–H and O–H groups in total. The first-order chi connectivity index (χ1) is 6.30. The second kappa shape index (κ2) is 3.38. The molecule has 0 aromatic rings. The Balaban J connectivity index is 2.97. The topological polar surface area (TPSA) is 40.5 Å². The van der Waals surface area contributed by atoms with Gasteiger partial charge in [0.25, 0.3) is 0 Å². The van der Waals surface area contributed by atoms with Gasteiger partial charge < -0.3 is 5.11 Å².